The van der Waals surface area contributed by atoms with Crippen LogP contribution in [0.15, 0.2) is 30.3 Å². The van der Waals surface area contributed by atoms with Gasteiger partial charge in [-0.15, -0.1) is 0 Å². The van der Waals surface area contributed by atoms with Crippen molar-refractivity contribution in [3.63, 3.8) is 0 Å². The van der Waals surface area contributed by atoms with Gasteiger partial charge in [0.2, 0.25) is 0 Å². The number of nitrogens with zero attached hydrogens (tertiary/aromatic N) is 2. The van der Waals surface area contributed by atoms with Crippen LogP contribution in [0.5, 0.6) is 5.75 Å². The fourth-order valence-electron chi connectivity index (χ4n) is 1.67. The maximum Gasteiger partial charge on any atom is 0.131 e. The molecule has 1 aromatic heterocycles. The second kappa shape index (κ2) is 4.82. The highest BCUT2D eigenvalue weighted by Gasteiger charge is 2.08. The Hall–Kier alpha value is -2.10. The molecule has 4 heteroatoms. The lowest BCUT2D eigenvalue weighted by Crippen LogP contribution is -2.00. The van der Waals surface area contributed by atoms with Crippen LogP contribution in [0.2, 0.25) is 0 Å². The summed E-state index contributed by atoms with van der Waals surface area (Å²) in [4.78, 5) is 8.62. The quantitative estimate of drug-likeness (QED) is 0.877. The molecule has 0 aliphatic carbocycles. The van der Waals surface area contributed by atoms with Gasteiger partial charge in [0, 0.05) is 18.1 Å². The van der Waals surface area contributed by atoms with Gasteiger partial charge in [-0.2, -0.15) is 0 Å². The van der Waals surface area contributed by atoms with Crippen LogP contribution < -0.4 is 10.5 Å². The van der Waals surface area contributed by atoms with E-state index in [1.165, 1.54) is 0 Å². The van der Waals surface area contributed by atoms with E-state index in [2.05, 4.69) is 9.97 Å². The summed E-state index contributed by atoms with van der Waals surface area (Å²) in [6, 6.07) is 9.49. The summed E-state index contributed by atoms with van der Waals surface area (Å²) in [7, 11) is 1.64. The van der Waals surface area contributed by atoms with Crippen molar-refractivity contribution in [2.75, 3.05) is 12.8 Å². The average Bonchev–Trinajstić information content (AvgIpc) is 2.37. The van der Waals surface area contributed by atoms with Crippen molar-refractivity contribution in [3.8, 4) is 17.0 Å². The van der Waals surface area contributed by atoms with Crippen LogP contribution >= 0.6 is 0 Å². The molecule has 0 saturated heterocycles. The summed E-state index contributed by atoms with van der Waals surface area (Å²) in [6.45, 7) is 2.00. The molecule has 2 rings (SSSR count). The van der Waals surface area contributed by atoms with Crippen LogP contribution in [0.1, 0.15) is 12.7 Å². The molecule has 2 N–H and O–H groups in total. The molecule has 0 spiro atoms. The third-order valence-electron chi connectivity index (χ3n) is 2.49. The van der Waals surface area contributed by atoms with Crippen molar-refractivity contribution in [1.29, 1.82) is 0 Å². The molecule has 0 radical (unpaired) electrons. The second-order valence-corrected chi connectivity index (χ2v) is 3.65. The van der Waals surface area contributed by atoms with Gasteiger partial charge in [0.15, 0.2) is 0 Å². The monoisotopic (exact) mass is 229 g/mol. The van der Waals surface area contributed by atoms with Crippen LogP contribution in [0.4, 0.5) is 5.82 Å². The number of ether oxygens (including phenoxy) is 1. The zero-order valence-corrected chi connectivity index (χ0v) is 9.97. The minimum absolute atomic E-state index is 0.484. The predicted octanol–water partition coefficient (Wildman–Crippen LogP) is 2.30. The first-order valence-electron chi connectivity index (χ1n) is 5.51. The summed E-state index contributed by atoms with van der Waals surface area (Å²) >= 11 is 0. The fourth-order valence-corrected chi connectivity index (χ4v) is 1.67. The summed E-state index contributed by atoms with van der Waals surface area (Å²) in [6.07, 6.45) is 0.757. The molecule has 4 nitrogen and oxygen atoms in total. The number of anilines is 1. The van der Waals surface area contributed by atoms with Gasteiger partial charge in [-0.1, -0.05) is 19.1 Å². The number of methoxy groups -OCH3 is 1. The van der Waals surface area contributed by atoms with Gasteiger partial charge in [-0.3, -0.25) is 0 Å². The van der Waals surface area contributed by atoms with E-state index in [1.807, 2.05) is 31.2 Å². The number of hydrogen-bond donors (Lipinski definition) is 1. The summed E-state index contributed by atoms with van der Waals surface area (Å²) in [5, 5.41) is 0. The van der Waals surface area contributed by atoms with Crippen molar-refractivity contribution < 1.29 is 4.74 Å². The van der Waals surface area contributed by atoms with E-state index >= 15 is 0 Å². The molecule has 0 unspecified atom stereocenters. The van der Waals surface area contributed by atoms with E-state index in [9.17, 15) is 0 Å². The van der Waals surface area contributed by atoms with E-state index in [0.29, 0.717) is 5.82 Å². The molecule has 1 heterocycles. The number of nitrogen functional groups attached to an aromatic ring is 1. The van der Waals surface area contributed by atoms with E-state index in [1.54, 1.807) is 13.2 Å². The Kier molecular flexibility index (Phi) is 3.23. The molecule has 0 atom stereocenters. The highest BCUT2D eigenvalue weighted by atomic mass is 16.5. The number of aryl methyl sites for hydroxylation is 1. The first kappa shape index (κ1) is 11.4. The van der Waals surface area contributed by atoms with Gasteiger partial charge < -0.3 is 10.5 Å². The molecule has 0 fully saturated rings. The molecule has 88 valence electrons. The van der Waals surface area contributed by atoms with E-state index in [-0.39, 0.29) is 0 Å². The van der Waals surface area contributed by atoms with Crippen LogP contribution in [0, 0.1) is 0 Å². The number of benzene rings is 1. The van der Waals surface area contributed by atoms with Gasteiger partial charge in [0.1, 0.15) is 17.4 Å². The van der Waals surface area contributed by atoms with E-state index in [4.69, 9.17) is 10.5 Å². The topological polar surface area (TPSA) is 61.0 Å². The Labute approximate surface area is 100 Å². The molecular formula is C13H15N3O. The molecule has 0 aliphatic heterocycles. The summed E-state index contributed by atoms with van der Waals surface area (Å²) in [5.41, 5.74) is 7.50. The Bertz CT molecular complexity index is 526. The Morgan fingerprint density at radius 1 is 1.24 bits per heavy atom. The molecule has 0 aliphatic rings. The number of para-hydroxylation sites is 1. The normalized spacial score (nSPS) is 10.2. The Balaban J connectivity index is 2.55. The van der Waals surface area contributed by atoms with Crippen molar-refractivity contribution in [1.82, 2.24) is 9.97 Å². The summed E-state index contributed by atoms with van der Waals surface area (Å²) < 4.78 is 5.31. The van der Waals surface area contributed by atoms with Gasteiger partial charge in [-0.25, -0.2) is 9.97 Å². The van der Waals surface area contributed by atoms with Gasteiger partial charge in [-0.05, 0) is 12.1 Å². The van der Waals surface area contributed by atoms with Crippen molar-refractivity contribution in [3.05, 3.63) is 36.2 Å². The molecule has 17 heavy (non-hydrogen) atoms. The smallest absolute Gasteiger partial charge is 0.131 e. The molecule has 0 saturated carbocycles. The third kappa shape index (κ3) is 2.36. The van der Waals surface area contributed by atoms with Crippen LogP contribution in [0.25, 0.3) is 11.3 Å². The van der Waals surface area contributed by atoms with Gasteiger partial charge in [0.05, 0.1) is 12.8 Å². The maximum absolute atomic E-state index is 5.77. The first-order valence-corrected chi connectivity index (χ1v) is 5.51. The highest BCUT2D eigenvalue weighted by molar-refractivity contribution is 5.68. The maximum atomic E-state index is 5.77. The lowest BCUT2D eigenvalue weighted by molar-refractivity contribution is 0.416. The Morgan fingerprint density at radius 3 is 2.71 bits per heavy atom. The Morgan fingerprint density at radius 2 is 2.00 bits per heavy atom. The molecular weight excluding hydrogens is 214 g/mol. The van der Waals surface area contributed by atoms with Gasteiger partial charge >= 0.3 is 0 Å². The van der Waals surface area contributed by atoms with Crippen LogP contribution in [0.3, 0.4) is 0 Å². The largest absolute Gasteiger partial charge is 0.496 e. The first-order chi connectivity index (χ1) is 8.24. The minimum Gasteiger partial charge on any atom is -0.496 e. The van der Waals surface area contributed by atoms with Crippen LogP contribution in [-0.4, -0.2) is 17.1 Å². The molecule has 2 aromatic rings. The van der Waals surface area contributed by atoms with Crippen molar-refractivity contribution >= 4 is 5.82 Å². The number of aromatic nitrogens is 2. The van der Waals surface area contributed by atoms with Crippen molar-refractivity contribution in [2.24, 2.45) is 0 Å². The number of hydrogen-bond acceptors (Lipinski definition) is 4. The van der Waals surface area contributed by atoms with E-state index in [0.717, 1.165) is 29.3 Å². The van der Waals surface area contributed by atoms with E-state index < -0.39 is 0 Å². The van der Waals surface area contributed by atoms with Gasteiger partial charge in [0.25, 0.3) is 0 Å². The zero-order valence-electron chi connectivity index (χ0n) is 9.97. The second-order valence-electron chi connectivity index (χ2n) is 3.65. The fraction of sp³-hybridized carbons (Fsp3) is 0.231. The molecule has 1 aromatic carbocycles. The SMILES string of the molecule is CCc1nc(N)cc(-c2ccccc2OC)n1. The average molecular weight is 229 g/mol. The standard InChI is InChI=1S/C13H15N3O/c1-3-13-15-10(8-12(14)16-13)9-6-4-5-7-11(9)17-2/h4-8H,3H2,1-2H3,(H2,14,15,16). The number of rotatable bonds is 3. The lowest BCUT2D eigenvalue weighted by Gasteiger charge is -2.09. The molecule has 0 amide bonds. The molecule has 0 bridgehead atoms. The van der Waals surface area contributed by atoms with Crippen molar-refractivity contribution in [2.45, 2.75) is 13.3 Å². The minimum atomic E-state index is 0.484. The summed E-state index contributed by atoms with van der Waals surface area (Å²) in [5.74, 6) is 2.01. The zero-order chi connectivity index (χ0) is 12.3. The highest BCUT2D eigenvalue weighted by Crippen LogP contribution is 2.28. The lowest BCUT2D eigenvalue weighted by atomic mass is 10.1. The number of nitrogens with two attached hydrogens (primary N) is 1. The third-order valence-corrected chi connectivity index (χ3v) is 2.49. The van der Waals surface area contributed by atoms with Crippen LogP contribution in [-0.2, 0) is 6.42 Å². The predicted molar refractivity (Wildman–Crippen MR) is 67.8 cm³/mol.